The van der Waals surface area contributed by atoms with Crippen LogP contribution in [0.25, 0.3) is 0 Å². The number of aliphatic hydroxyl groups excluding tert-OH is 1. The standard InChI is InChI=1S/C13H20OSi/c1-13(9-11(13)10-14)15(2,3)12-7-5-4-6-8-12/h4-8,11,14H,9-10H2,1-3H3/t11-,13+/m0/s1. The summed E-state index contributed by atoms with van der Waals surface area (Å²) in [5, 5.41) is 11.2. The quantitative estimate of drug-likeness (QED) is 0.775. The lowest BCUT2D eigenvalue weighted by atomic mass is 10.3. The first kappa shape index (κ1) is 10.9. The molecule has 82 valence electrons. The smallest absolute Gasteiger partial charge is 0.0868 e. The van der Waals surface area contributed by atoms with Gasteiger partial charge in [-0.3, -0.25) is 0 Å². The van der Waals surface area contributed by atoms with E-state index >= 15 is 0 Å². The van der Waals surface area contributed by atoms with Crippen molar-refractivity contribution in [1.29, 1.82) is 0 Å². The second-order valence-electron chi connectivity index (χ2n) is 5.49. The van der Waals surface area contributed by atoms with Crippen molar-refractivity contribution in [2.45, 2.75) is 31.5 Å². The van der Waals surface area contributed by atoms with Gasteiger partial charge in [0.25, 0.3) is 0 Å². The van der Waals surface area contributed by atoms with Crippen molar-refractivity contribution in [3.05, 3.63) is 30.3 Å². The summed E-state index contributed by atoms with van der Waals surface area (Å²) >= 11 is 0. The lowest BCUT2D eigenvalue weighted by molar-refractivity contribution is 0.271. The van der Waals surface area contributed by atoms with Gasteiger partial charge in [-0.1, -0.05) is 55.5 Å². The fourth-order valence-corrected chi connectivity index (χ4v) is 6.22. The molecule has 0 amide bonds. The monoisotopic (exact) mass is 220 g/mol. The minimum atomic E-state index is -1.41. The molecule has 0 aliphatic heterocycles. The molecule has 2 atom stereocenters. The Morgan fingerprint density at radius 1 is 1.33 bits per heavy atom. The Bertz CT molecular complexity index is 347. The molecular weight excluding hydrogens is 200 g/mol. The van der Waals surface area contributed by atoms with E-state index in [1.54, 1.807) is 0 Å². The third-order valence-corrected chi connectivity index (χ3v) is 9.80. The number of aliphatic hydroxyl groups is 1. The molecule has 1 saturated carbocycles. The Kier molecular flexibility index (Phi) is 2.51. The van der Waals surface area contributed by atoms with E-state index in [0.717, 1.165) is 0 Å². The molecular formula is C13H20OSi. The predicted molar refractivity (Wildman–Crippen MR) is 67.1 cm³/mol. The van der Waals surface area contributed by atoms with Crippen LogP contribution in [0, 0.1) is 5.92 Å². The molecule has 1 fully saturated rings. The first-order valence-corrected chi connectivity index (χ1v) is 8.69. The first-order valence-electron chi connectivity index (χ1n) is 5.69. The van der Waals surface area contributed by atoms with Crippen LogP contribution >= 0.6 is 0 Å². The van der Waals surface area contributed by atoms with E-state index in [-0.39, 0.29) is 0 Å². The van der Waals surface area contributed by atoms with Crippen LogP contribution in [0.1, 0.15) is 13.3 Å². The molecule has 2 rings (SSSR count). The maximum atomic E-state index is 9.27. The molecule has 1 N–H and O–H groups in total. The highest BCUT2D eigenvalue weighted by molar-refractivity contribution is 6.93. The molecule has 1 aliphatic carbocycles. The second-order valence-corrected chi connectivity index (χ2v) is 10.5. The van der Waals surface area contributed by atoms with E-state index in [9.17, 15) is 5.11 Å². The SMILES string of the molecule is C[C@@]1([Si](C)(C)c2ccccc2)C[C@H]1CO. The van der Waals surface area contributed by atoms with Gasteiger partial charge in [-0.25, -0.2) is 0 Å². The van der Waals surface area contributed by atoms with E-state index in [4.69, 9.17) is 0 Å². The molecule has 1 aromatic carbocycles. The summed E-state index contributed by atoms with van der Waals surface area (Å²) in [4.78, 5) is 0. The topological polar surface area (TPSA) is 20.2 Å². The molecule has 0 saturated heterocycles. The van der Waals surface area contributed by atoms with Gasteiger partial charge in [0.2, 0.25) is 0 Å². The van der Waals surface area contributed by atoms with Crippen LogP contribution in [0.3, 0.4) is 0 Å². The highest BCUT2D eigenvalue weighted by Crippen LogP contribution is 2.64. The fourth-order valence-electron chi connectivity index (χ4n) is 2.67. The van der Waals surface area contributed by atoms with E-state index < -0.39 is 8.07 Å². The number of benzene rings is 1. The van der Waals surface area contributed by atoms with E-state index in [1.165, 1.54) is 11.6 Å². The Labute approximate surface area is 93.2 Å². The zero-order chi connectivity index (χ0) is 11.1. The maximum absolute atomic E-state index is 9.27. The molecule has 1 aromatic rings. The van der Waals surface area contributed by atoms with Crippen LogP contribution in [0.15, 0.2) is 30.3 Å². The number of hydrogen-bond acceptors (Lipinski definition) is 1. The lowest BCUT2D eigenvalue weighted by Gasteiger charge is -2.31. The van der Waals surface area contributed by atoms with Crippen molar-refractivity contribution in [1.82, 2.24) is 0 Å². The highest BCUT2D eigenvalue weighted by atomic mass is 28.3. The minimum absolute atomic E-state index is 0.361. The van der Waals surface area contributed by atoms with Gasteiger partial charge >= 0.3 is 0 Å². The first-order chi connectivity index (χ1) is 7.02. The van der Waals surface area contributed by atoms with Crippen LogP contribution < -0.4 is 5.19 Å². The lowest BCUT2D eigenvalue weighted by Crippen LogP contribution is -2.47. The van der Waals surface area contributed by atoms with Crippen molar-refractivity contribution in [2.75, 3.05) is 6.61 Å². The van der Waals surface area contributed by atoms with Gasteiger partial charge in [0.1, 0.15) is 0 Å². The molecule has 0 aromatic heterocycles. The molecule has 2 heteroatoms. The molecule has 0 radical (unpaired) electrons. The van der Waals surface area contributed by atoms with Crippen LogP contribution in [-0.2, 0) is 0 Å². The van der Waals surface area contributed by atoms with Crippen molar-refractivity contribution < 1.29 is 5.11 Å². The number of rotatable bonds is 3. The summed E-state index contributed by atoms with van der Waals surface area (Å²) in [5.41, 5.74) is 0. The Morgan fingerprint density at radius 2 is 1.93 bits per heavy atom. The molecule has 0 bridgehead atoms. The third-order valence-electron chi connectivity index (χ3n) is 4.56. The van der Waals surface area contributed by atoms with Gasteiger partial charge in [-0.2, -0.15) is 0 Å². The molecule has 1 nitrogen and oxygen atoms in total. The third kappa shape index (κ3) is 1.56. The van der Waals surface area contributed by atoms with Crippen LogP contribution in [0.2, 0.25) is 18.1 Å². The van der Waals surface area contributed by atoms with Gasteiger partial charge in [-0.05, 0) is 17.4 Å². The Balaban J connectivity index is 2.29. The van der Waals surface area contributed by atoms with Gasteiger partial charge < -0.3 is 5.11 Å². The summed E-state index contributed by atoms with van der Waals surface area (Å²) in [6.45, 7) is 7.57. The zero-order valence-electron chi connectivity index (χ0n) is 9.83. The van der Waals surface area contributed by atoms with Gasteiger partial charge in [-0.15, -0.1) is 0 Å². The predicted octanol–water partition coefficient (Wildman–Crippen LogP) is 2.37. The average Bonchev–Trinajstić information content (AvgIpc) is 2.93. The summed E-state index contributed by atoms with van der Waals surface area (Å²) < 4.78 is 0. The van der Waals surface area contributed by atoms with E-state index in [2.05, 4.69) is 50.3 Å². The molecule has 1 aliphatic rings. The van der Waals surface area contributed by atoms with E-state index in [0.29, 0.717) is 17.6 Å². The molecule has 0 unspecified atom stereocenters. The number of hydrogen-bond donors (Lipinski definition) is 1. The zero-order valence-corrected chi connectivity index (χ0v) is 10.8. The summed E-state index contributed by atoms with van der Waals surface area (Å²) in [6.07, 6.45) is 1.21. The van der Waals surface area contributed by atoms with Gasteiger partial charge in [0.15, 0.2) is 0 Å². The summed E-state index contributed by atoms with van der Waals surface area (Å²) in [5.74, 6) is 0.541. The largest absolute Gasteiger partial charge is 0.396 e. The van der Waals surface area contributed by atoms with Crippen molar-refractivity contribution >= 4 is 13.3 Å². The fraction of sp³-hybridized carbons (Fsp3) is 0.538. The minimum Gasteiger partial charge on any atom is -0.396 e. The van der Waals surface area contributed by atoms with Crippen molar-refractivity contribution in [2.24, 2.45) is 5.92 Å². The molecule has 0 heterocycles. The second kappa shape index (κ2) is 3.46. The maximum Gasteiger partial charge on any atom is 0.0868 e. The molecule has 15 heavy (non-hydrogen) atoms. The average molecular weight is 220 g/mol. The van der Waals surface area contributed by atoms with Crippen LogP contribution in [0.4, 0.5) is 0 Å². The van der Waals surface area contributed by atoms with Gasteiger partial charge in [0, 0.05) is 6.61 Å². The van der Waals surface area contributed by atoms with E-state index in [1.807, 2.05) is 0 Å². The summed E-state index contributed by atoms with van der Waals surface area (Å²) in [7, 11) is -1.41. The van der Waals surface area contributed by atoms with Crippen LogP contribution in [0.5, 0.6) is 0 Å². The van der Waals surface area contributed by atoms with Crippen molar-refractivity contribution in [3.63, 3.8) is 0 Å². The summed E-state index contributed by atoms with van der Waals surface area (Å²) in [6, 6.07) is 10.8. The normalized spacial score (nSPS) is 30.3. The molecule has 0 spiro atoms. The van der Waals surface area contributed by atoms with Crippen LogP contribution in [-0.4, -0.2) is 19.8 Å². The Hall–Kier alpha value is -0.603. The Morgan fingerprint density at radius 3 is 2.40 bits per heavy atom. The van der Waals surface area contributed by atoms with Gasteiger partial charge in [0.05, 0.1) is 8.07 Å². The van der Waals surface area contributed by atoms with Crippen molar-refractivity contribution in [3.8, 4) is 0 Å². The highest BCUT2D eigenvalue weighted by Gasteiger charge is 2.60.